The molecule has 0 saturated heterocycles. The maximum absolute atomic E-state index is 9.22. The summed E-state index contributed by atoms with van der Waals surface area (Å²) in [6, 6.07) is 39.6. The summed E-state index contributed by atoms with van der Waals surface area (Å²) < 4.78 is 100. The van der Waals surface area contributed by atoms with Gasteiger partial charge in [0.2, 0.25) is 0 Å². The van der Waals surface area contributed by atoms with Crippen LogP contribution in [0.25, 0.3) is 70.0 Å². The number of nitrogens with zero attached hydrogens (tertiary/aromatic N) is 4. The zero-order valence-electron chi connectivity index (χ0n) is 47.6. The molecule has 1 aliphatic heterocycles. The number of benzene rings is 8. The molecule has 0 aliphatic carbocycles. The fourth-order valence-electron chi connectivity index (χ4n) is 9.13. The van der Waals surface area contributed by atoms with Gasteiger partial charge >= 0.3 is 0 Å². The standard InChI is InChI=1S/C61H47N4OS.Pt/c1-39(2)42-33-50(40-17-8-6-9-18-40)59(51(34-42)41-19-10-7-11-20-41)64-38-63(52-24-13-14-25-53(52)64)44-21-16-22-45(36-44)66-46-27-28-49-55(37-46)65(57-35-43(31-32-62-57)61(3,4)5)54-30-29-48-47-23-12-15-26-56(47)67-60(48)58(49)54;/h6-35,38-39H,1-5H3;/q-3;/i6D,7D,8D,9D,10D,11D,17D,18D,19D,20D;. The van der Waals surface area contributed by atoms with Crippen molar-refractivity contribution in [2.75, 3.05) is 9.80 Å². The quantitative estimate of drug-likeness (QED) is 0.142. The summed E-state index contributed by atoms with van der Waals surface area (Å²) in [6.07, 6.45) is 1.86. The van der Waals surface area contributed by atoms with E-state index in [1.807, 2.05) is 73.5 Å². The van der Waals surface area contributed by atoms with Gasteiger partial charge in [-0.1, -0.05) is 137 Å². The first-order valence-corrected chi connectivity index (χ1v) is 23.0. The summed E-state index contributed by atoms with van der Waals surface area (Å²) >= 11 is 1.77. The van der Waals surface area contributed by atoms with Crippen LogP contribution in [-0.4, -0.2) is 9.55 Å². The average Bonchev–Trinajstić information content (AvgIpc) is 4.23. The molecule has 0 atom stereocenters. The van der Waals surface area contributed by atoms with Gasteiger partial charge in [0.05, 0.1) is 13.7 Å². The Hall–Kier alpha value is -6.98. The van der Waals surface area contributed by atoms with E-state index in [1.54, 1.807) is 35.0 Å². The van der Waals surface area contributed by atoms with E-state index in [9.17, 15) is 5.48 Å². The number of hydrogen-bond acceptors (Lipinski definition) is 5. The van der Waals surface area contributed by atoms with Crippen LogP contribution in [0.4, 0.5) is 22.7 Å². The van der Waals surface area contributed by atoms with Crippen LogP contribution < -0.4 is 14.5 Å². The van der Waals surface area contributed by atoms with E-state index >= 15 is 0 Å². The van der Waals surface area contributed by atoms with Crippen molar-refractivity contribution in [3.8, 4) is 39.6 Å². The van der Waals surface area contributed by atoms with Crippen LogP contribution in [0.5, 0.6) is 11.5 Å². The largest absolute Gasteiger partial charge is 0.509 e. The number of ether oxygens (including phenoxy) is 1. The van der Waals surface area contributed by atoms with Crippen LogP contribution in [-0.2, 0) is 26.5 Å². The Morgan fingerprint density at radius 1 is 0.676 bits per heavy atom. The first-order valence-electron chi connectivity index (χ1n) is 27.1. The predicted octanol–water partition coefficient (Wildman–Crippen LogP) is 17.1. The van der Waals surface area contributed by atoms with Gasteiger partial charge in [0.25, 0.3) is 0 Å². The monoisotopic (exact) mass is 1090 g/mol. The minimum absolute atomic E-state index is 0. The van der Waals surface area contributed by atoms with Crippen molar-refractivity contribution >= 4 is 76.1 Å². The summed E-state index contributed by atoms with van der Waals surface area (Å²) in [5, 5.41) is 4.49. The zero-order valence-corrected chi connectivity index (χ0v) is 40.7. The fraction of sp³-hybridized carbons (Fsp3) is 0.115. The minimum Gasteiger partial charge on any atom is -0.509 e. The van der Waals surface area contributed by atoms with E-state index in [0.29, 0.717) is 34.1 Å². The molecule has 5 nitrogen and oxygen atoms in total. The van der Waals surface area contributed by atoms with Crippen molar-refractivity contribution in [2.45, 2.75) is 46.0 Å². The Morgan fingerprint density at radius 3 is 2.04 bits per heavy atom. The van der Waals surface area contributed by atoms with Crippen molar-refractivity contribution in [1.29, 1.82) is 0 Å². The third-order valence-electron chi connectivity index (χ3n) is 12.4. The Kier molecular flexibility index (Phi) is 8.51. The molecule has 0 bridgehead atoms. The molecule has 11 aromatic rings. The summed E-state index contributed by atoms with van der Waals surface area (Å²) in [7, 11) is 0. The SMILES string of the molecule is [2H]c1c([2H])c([2H])c(-c2cc(C(C)C)cc(-c3c([2H])c([2H])c([2H])c([2H])c3[2H])c2N2[CH-]N(c3[c-]c(Oc4[c-]c5c(cc4)c4c6sc7ccccc7c6ccc4n5-c4cc(C(C)(C)C)ccn4)ccc3)c3ccccc32)c([2H])c1[2H].[Pt]. The van der Waals surface area contributed by atoms with Gasteiger partial charge in [-0.25, -0.2) is 4.98 Å². The number of para-hydroxylation sites is 2. The Balaban J connectivity index is 0.00000645. The second-order valence-corrected chi connectivity index (χ2v) is 19.0. The average molecular weight is 1090 g/mol. The predicted molar refractivity (Wildman–Crippen MR) is 281 cm³/mol. The Bertz CT molecular complexity index is 4150. The van der Waals surface area contributed by atoms with Gasteiger partial charge in [-0.05, 0) is 87.5 Å². The van der Waals surface area contributed by atoms with Crippen molar-refractivity contribution in [1.82, 2.24) is 9.55 Å². The summed E-state index contributed by atoms with van der Waals surface area (Å²) in [5.74, 6) is 1.38. The maximum atomic E-state index is 9.22. The van der Waals surface area contributed by atoms with Gasteiger partial charge in [0.1, 0.15) is 5.82 Å². The number of anilines is 4. The molecule has 0 unspecified atom stereocenters. The molecule has 0 saturated carbocycles. The Labute approximate surface area is 430 Å². The van der Waals surface area contributed by atoms with Gasteiger partial charge < -0.3 is 19.1 Å². The summed E-state index contributed by atoms with van der Waals surface area (Å²) in [6.45, 7) is 12.2. The van der Waals surface area contributed by atoms with Gasteiger partial charge in [0.15, 0.2) is 0 Å². The van der Waals surface area contributed by atoms with Crippen molar-refractivity contribution in [3.05, 3.63) is 212 Å². The molecule has 0 N–H and O–H groups in total. The molecule has 68 heavy (non-hydrogen) atoms. The van der Waals surface area contributed by atoms with Crippen molar-refractivity contribution in [3.63, 3.8) is 0 Å². The smallest absolute Gasteiger partial charge is 0.135 e. The van der Waals surface area contributed by atoms with Crippen LogP contribution in [0.2, 0.25) is 0 Å². The zero-order chi connectivity index (χ0) is 54.1. The maximum Gasteiger partial charge on any atom is 0.135 e. The Morgan fingerprint density at radius 2 is 1.34 bits per heavy atom. The van der Waals surface area contributed by atoms with Crippen molar-refractivity contribution in [2.24, 2.45) is 0 Å². The molecule has 0 fully saturated rings. The number of thiophene rings is 1. The van der Waals surface area contributed by atoms with Gasteiger partial charge in [0, 0.05) is 92.6 Å². The fourth-order valence-corrected chi connectivity index (χ4v) is 10.4. The number of rotatable bonds is 8. The first-order chi connectivity index (χ1) is 36.8. The second kappa shape index (κ2) is 17.3. The summed E-state index contributed by atoms with van der Waals surface area (Å²) in [4.78, 5) is 8.59. The first kappa shape index (κ1) is 33.5. The molecule has 12 rings (SSSR count). The molecule has 0 radical (unpaired) electrons. The van der Waals surface area contributed by atoms with Crippen LogP contribution in [0.3, 0.4) is 0 Å². The molecule has 336 valence electrons. The molecule has 8 aromatic carbocycles. The normalized spacial score (nSPS) is 14.7. The van der Waals surface area contributed by atoms with E-state index in [1.165, 1.54) is 20.2 Å². The number of hydrogen-bond donors (Lipinski definition) is 0. The van der Waals surface area contributed by atoms with Gasteiger partial charge in [-0.15, -0.1) is 59.4 Å². The number of fused-ring (bicyclic) bond motifs is 8. The van der Waals surface area contributed by atoms with E-state index < -0.39 is 60.4 Å². The summed E-state index contributed by atoms with van der Waals surface area (Å²) in [5.41, 5.74) is 5.71. The van der Waals surface area contributed by atoms with E-state index in [0.717, 1.165) is 33.2 Å². The number of pyridine rings is 1. The molecule has 0 amide bonds. The van der Waals surface area contributed by atoms with E-state index in [4.69, 9.17) is 17.9 Å². The van der Waals surface area contributed by atoms with Crippen molar-refractivity contribution < 1.29 is 39.5 Å². The molecule has 1 aliphatic rings. The van der Waals surface area contributed by atoms with E-state index in [-0.39, 0.29) is 60.3 Å². The van der Waals surface area contributed by atoms with Crippen LogP contribution in [0.15, 0.2) is 182 Å². The van der Waals surface area contributed by atoms with Crippen LogP contribution in [0, 0.1) is 18.8 Å². The molecule has 0 spiro atoms. The minimum atomic E-state index is -0.561. The molecular weight excluding hydrogens is 1030 g/mol. The van der Waals surface area contributed by atoms with Crippen LogP contribution in [0.1, 0.15) is 65.4 Å². The third-order valence-corrected chi connectivity index (χ3v) is 13.6. The molecule has 4 heterocycles. The van der Waals surface area contributed by atoms with Gasteiger partial charge in [-0.3, -0.25) is 0 Å². The molecule has 3 aromatic heterocycles. The van der Waals surface area contributed by atoms with E-state index in [2.05, 4.69) is 92.1 Å². The second-order valence-electron chi connectivity index (χ2n) is 18.0. The topological polar surface area (TPSA) is 33.5 Å². The third kappa shape index (κ3) is 7.48. The van der Waals surface area contributed by atoms with Gasteiger partial charge in [-0.2, -0.15) is 12.1 Å². The molecule has 7 heteroatoms. The molecular formula is C61H47N4OPtS-3. The van der Waals surface area contributed by atoms with Crippen LogP contribution >= 0.6 is 11.3 Å². The number of aromatic nitrogens is 2.